The summed E-state index contributed by atoms with van der Waals surface area (Å²) in [6.45, 7) is 9.56. The molecule has 14 heavy (non-hydrogen) atoms. The van der Waals surface area contributed by atoms with Gasteiger partial charge in [-0.2, -0.15) is 0 Å². The van der Waals surface area contributed by atoms with Crippen LogP contribution in [0.1, 0.15) is 53.4 Å². The van der Waals surface area contributed by atoms with Crippen LogP contribution in [0, 0.1) is 5.92 Å². The first-order valence-corrected chi connectivity index (χ1v) is 5.96. The van der Waals surface area contributed by atoms with Crippen LogP contribution in [0.2, 0.25) is 0 Å². The molecule has 2 atom stereocenters. The number of rotatable bonds is 3. The zero-order chi connectivity index (χ0) is 10.6. The smallest absolute Gasteiger partial charge is 0.170 e. The van der Waals surface area contributed by atoms with Crippen LogP contribution in [0.4, 0.5) is 0 Å². The number of hydrogen-bond acceptors (Lipinski definition) is 2. The van der Waals surface area contributed by atoms with Gasteiger partial charge in [0.1, 0.15) is 0 Å². The van der Waals surface area contributed by atoms with E-state index >= 15 is 0 Å². The summed E-state index contributed by atoms with van der Waals surface area (Å²) < 4.78 is 12.0. The molecule has 0 radical (unpaired) electrons. The Morgan fingerprint density at radius 3 is 2.57 bits per heavy atom. The monoisotopic (exact) mass is 200 g/mol. The maximum atomic E-state index is 6.14. The Morgan fingerprint density at radius 2 is 2.07 bits per heavy atom. The van der Waals surface area contributed by atoms with E-state index in [-0.39, 0.29) is 5.79 Å². The molecule has 1 rings (SSSR count). The highest BCUT2D eigenvalue weighted by molar-refractivity contribution is 4.77. The van der Waals surface area contributed by atoms with Crippen LogP contribution in [0.25, 0.3) is 0 Å². The first-order valence-electron chi connectivity index (χ1n) is 5.96. The Labute approximate surface area is 88.0 Å². The lowest BCUT2D eigenvalue weighted by Gasteiger charge is -2.37. The highest BCUT2D eigenvalue weighted by atomic mass is 16.7. The Morgan fingerprint density at radius 1 is 1.36 bits per heavy atom. The second-order valence-electron chi connectivity index (χ2n) is 4.46. The van der Waals surface area contributed by atoms with Gasteiger partial charge in [0.25, 0.3) is 0 Å². The summed E-state index contributed by atoms with van der Waals surface area (Å²) in [7, 11) is 0. The predicted octanol–water partition coefficient (Wildman–Crippen LogP) is 3.35. The first kappa shape index (κ1) is 12.0. The summed E-state index contributed by atoms with van der Waals surface area (Å²) in [6, 6.07) is 0. The van der Waals surface area contributed by atoms with Gasteiger partial charge in [-0.05, 0) is 25.7 Å². The van der Waals surface area contributed by atoms with Crippen molar-refractivity contribution in [1.82, 2.24) is 0 Å². The minimum absolute atomic E-state index is 0.322. The van der Waals surface area contributed by atoms with Crippen molar-refractivity contribution in [2.75, 3.05) is 6.61 Å². The molecule has 0 aromatic rings. The first-order chi connectivity index (χ1) is 6.64. The lowest BCUT2D eigenvalue weighted by atomic mass is 9.99. The van der Waals surface area contributed by atoms with E-state index in [2.05, 4.69) is 27.7 Å². The maximum Gasteiger partial charge on any atom is 0.170 e. The minimum atomic E-state index is -0.322. The van der Waals surface area contributed by atoms with Crippen molar-refractivity contribution in [3.8, 4) is 0 Å². The van der Waals surface area contributed by atoms with Crippen molar-refractivity contribution in [1.29, 1.82) is 0 Å². The van der Waals surface area contributed by atoms with Gasteiger partial charge in [0.2, 0.25) is 0 Å². The van der Waals surface area contributed by atoms with Gasteiger partial charge in [-0.3, -0.25) is 0 Å². The molecule has 2 heteroatoms. The van der Waals surface area contributed by atoms with Gasteiger partial charge < -0.3 is 9.47 Å². The van der Waals surface area contributed by atoms with Crippen LogP contribution in [0.15, 0.2) is 0 Å². The molecule has 84 valence electrons. The molecule has 1 heterocycles. The van der Waals surface area contributed by atoms with Crippen LogP contribution in [-0.2, 0) is 9.47 Å². The van der Waals surface area contributed by atoms with Crippen LogP contribution in [0.3, 0.4) is 0 Å². The average molecular weight is 200 g/mol. The van der Waals surface area contributed by atoms with Crippen LogP contribution in [0.5, 0.6) is 0 Å². The fourth-order valence-electron chi connectivity index (χ4n) is 2.11. The molecule has 0 saturated carbocycles. The second-order valence-corrected chi connectivity index (χ2v) is 4.46. The van der Waals surface area contributed by atoms with Gasteiger partial charge >= 0.3 is 0 Å². The standard InChI is InChI=1S/C12H24O2/c1-5-11-8-7-9-13-12(6-2,14-11)10(3)4/h10-11H,5-9H2,1-4H3. The highest BCUT2D eigenvalue weighted by Crippen LogP contribution is 2.33. The zero-order valence-corrected chi connectivity index (χ0v) is 10.0. The van der Waals surface area contributed by atoms with E-state index in [1.165, 1.54) is 0 Å². The lowest BCUT2D eigenvalue weighted by molar-refractivity contribution is -0.271. The molecule has 0 bridgehead atoms. The van der Waals surface area contributed by atoms with Crippen molar-refractivity contribution in [2.45, 2.75) is 65.3 Å². The Balaban J connectivity index is 2.72. The summed E-state index contributed by atoms with van der Waals surface area (Å²) in [6.07, 6.45) is 4.71. The fraction of sp³-hybridized carbons (Fsp3) is 1.00. The molecule has 2 nitrogen and oxygen atoms in total. The number of ether oxygens (including phenoxy) is 2. The largest absolute Gasteiger partial charge is 0.350 e. The Kier molecular flexibility index (Phi) is 4.39. The molecule has 1 aliphatic rings. The van der Waals surface area contributed by atoms with E-state index in [1.807, 2.05) is 0 Å². The van der Waals surface area contributed by atoms with Gasteiger partial charge in [-0.25, -0.2) is 0 Å². The third-order valence-corrected chi connectivity index (χ3v) is 3.21. The molecule has 1 aliphatic heterocycles. The molecule has 2 unspecified atom stereocenters. The molecule has 0 amide bonds. The van der Waals surface area contributed by atoms with Crippen LogP contribution < -0.4 is 0 Å². The Hall–Kier alpha value is -0.0800. The molecule has 0 aromatic heterocycles. The van der Waals surface area contributed by atoms with E-state index in [1.54, 1.807) is 0 Å². The van der Waals surface area contributed by atoms with Gasteiger partial charge in [-0.15, -0.1) is 0 Å². The van der Waals surface area contributed by atoms with E-state index in [4.69, 9.17) is 9.47 Å². The van der Waals surface area contributed by atoms with Crippen molar-refractivity contribution in [2.24, 2.45) is 5.92 Å². The zero-order valence-electron chi connectivity index (χ0n) is 10.0. The Bertz CT molecular complexity index is 168. The second kappa shape index (κ2) is 5.13. The van der Waals surface area contributed by atoms with Gasteiger partial charge in [0.05, 0.1) is 12.7 Å². The van der Waals surface area contributed by atoms with E-state index < -0.39 is 0 Å². The summed E-state index contributed by atoms with van der Waals surface area (Å²) in [5.41, 5.74) is 0. The summed E-state index contributed by atoms with van der Waals surface area (Å²) >= 11 is 0. The average Bonchev–Trinajstić information content (AvgIpc) is 2.40. The van der Waals surface area contributed by atoms with Crippen molar-refractivity contribution in [3.05, 3.63) is 0 Å². The van der Waals surface area contributed by atoms with Crippen LogP contribution in [-0.4, -0.2) is 18.5 Å². The molecular formula is C12H24O2. The van der Waals surface area contributed by atoms with Crippen LogP contribution >= 0.6 is 0 Å². The maximum absolute atomic E-state index is 6.14. The normalized spacial score (nSPS) is 34.5. The molecule has 0 aliphatic carbocycles. The lowest BCUT2D eigenvalue weighted by Crippen LogP contribution is -2.42. The van der Waals surface area contributed by atoms with E-state index in [0.717, 1.165) is 32.3 Å². The summed E-state index contributed by atoms with van der Waals surface area (Å²) in [4.78, 5) is 0. The predicted molar refractivity (Wildman–Crippen MR) is 58.2 cm³/mol. The van der Waals surface area contributed by atoms with E-state index in [0.29, 0.717) is 12.0 Å². The third kappa shape index (κ3) is 2.48. The molecular weight excluding hydrogens is 176 g/mol. The summed E-state index contributed by atoms with van der Waals surface area (Å²) in [5, 5.41) is 0. The molecule has 0 N–H and O–H groups in total. The highest BCUT2D eigenvalue weighted by Gasteiger charge is 2.37. The molecule has 1 saturated heterocycles. The fourth-order valence-corrected chi connectivity index (χ4v) is 2.11. The number of hydrogen-bond donors (Lipinski definition) is 0. The van der Waals surface area contributed by atoms with Crippen molar-refractivity contribution in [3.63, 3.8) is 0 Å². The molecule has 0 spiro atoms. The van der Waals surface area contributed by atoms with Gasteiger partial charge in [0, 0.05) is 5.92 Å². The quantitative estimate of drug-likeness (QED) is 0.695. The molecule has 0 aromatic carbocycles. The molecule has 1 fully saturated rings. The minimum Gasteiger partial charge on any atom is -0.350 e. The SMILES string of the molecule is CCC1CCCOC(CC)(C(C)C)O1. The summed E-state index contributed by atoms with van der Waals surface area (Å²) in [5.74, 6) is 0.108. The van der Waals surface area contributed by atoms with E-state index in [9.17, 15) is 0 Å². The van der Waals surface area contributed by atoms with Crippen molar-refractivity contribution < 1.29 is 9.47 Å². The third-order valence-electron chi connectivity index (χ3n) is 3.21. The van der Waals surface area contributed by atoms with Gasteiger partial charge in [-0.1, -0.05) is 27.7 Å². The topological polar surface area (TPSA) is 18.5 Å². The van der Waals surface area contributed by atoms with Gasteiger partial charge in [0.15, 0.2) is 5.79 Å². The van der Waals surface area contributed by atoms with Crippen molar-refractivity contribution >= 4 is 0 Å².